The minimum Gasteiger partial charge on any atom is -0.494 e. The molecule has 0 atom stereocenters. The highest BCUT2D eigenvalue weighted by Gasteiger charge is 2.12. The van der Waals surface area contributed by atoms with E-state index in [1.54, 1.807) is 0 Å². The molecule has 124 valence electrons. The Morgan fingerprint density at radius 1 is 0.864 bits per heavy atom. The summed E-state index contributed by atoms with van der Waals surface area (Å²) in [7, 11) is 2.17. The molecule has 0 aliphatic carbocycles. The highest BCUT2D eigenvalue weighted by molar-refractivity contribution is 5.31. The summed E-state index contributed by atoms with van der Waals surface area (Å²) in [4.78, 5) is 4.81. The van der Waals surface area contributed by atoms with Gasteiger partial charge in [-0.3, -0.25) is 4.90 Å². The maximum absolute atomic E-state index is 5.64. The standard InChI is InChI=1S/C17H28N2O3/c1-3-21-16-4-6-17(7-5-16)22-15-14-20-13-12-19-10-8-18(2)9-11-19/h4-7H,3,8-15H2,1-2H3. The third kappa shape index (κ3) is 6.22. The van der Waals surface area contributed by atoms with Gasteiger partial charge in [-0.1, -0.05) is 0 Å². The zero-order valence-electron chi connectivity index (χ0n) is 13.8. The lowest BCUT2D eigenvalue weighted by Gasteiger charge is -2.32. The van der Waals surface area contributed by atoms with Crippen molar-refractivity contribution >= 4 is 0 Å². The summed E-state index contributed by atoms with van der Waals surface area (Å²) in [6.45, 7) is 10.2. The van der Waals surface area contributed by atoms with Crippen molar-refractivity contribution in [2.75, 3.05) is 66.2 Å². The van der Waals surface area contributed by atoms with E-state index in [1.807, 2.05) is 31.2 Å². The molecular weight excluding hydrogens is 280 g/mol. The molecule has 2 rings (SSSR count). The molecule has 1 aromatic rings. The highest BCUT2D eigenvalue weighted by Crippen LogP contribution is 2.17. The predicted molar refractivity (Wildman–Crippen MR) is 87.9 cm³/mol. The summed E-state index contributed by atoms with van der Waals surface area (Å²) < 4.78 is 16.7. The van der Waals surface area contributed by atoms with Gasteiger partial charge in [0.25, 0.3) is 0 Å². The summed E-state index contributed by atoms with van der Waals surface area (Å²) >= 11 is 0. The monoisotopic (exact) mass is 308 g/mol. The van der Waals surface area contributed by atoms with Crippen molar-refractivity contribution in [3.8, 4) is 11.5 Å². The van der Waals surface area contributed by atoms with Crippen LogP contribution in [0.4, 0.5) is 0 Å². The first-order valence-corrected chi connectivity index (χ1v) is 8.12. The lowest BCUT2D eigenvalue weighted by molar-refractivity contribution is 0.0658. The molecular formula is C17H28N2O3. The van der Waals surface area contributed by atoms with Crippen molar-refractivity contribution in [2.24, 2.45) is 0 Å². The second-order valence-corrected chi connectivity index (χ2v) is 5.51. The Labute approximate surface area is 133 Å². The molecule has 1 heterocycles. The van der Waals surface area contributed by atoms with E-state index < -0.39 is 0 Å². The summed E-state index contributed by atoms with van der Waals surface area (Å²) in [5, 5.41) is 0. The highest BCUT2D eigenvalue weighted by atomic mass is 16.5. The molecule has 1 aliphatic heterocycles. The van der Waals surface area contributed by atoms with Gasteiger partial charge in [-0.2, -0.15) is 0 Å². The zero-order chi connectivity index (χ0) is 15.6. The first-order chi connectivity index (χ1) is 10.8. The van der Waals surface area contributed by atoms with Gasteiger partial charge in [0.15, 0.2) is 0 Å². The summed E-state index contributed by atoms with van der Waals surface area (Å²) in [5.41, 5.74) is 0. The molecule has 0 aromatic heterocycles. The fourth-order valence-corrected chi connectivity index (χ4v) is 2.38. The van der Waals surface area contributed by atoms with Crippen molar-refractivity contribution in [3.63, 3.8) is 0 Å². The molecule has 1 aliphatic rings. The van der Waals surface area contributed by atoms with Crippen LogP contribution in [0, 0.1) is 0 Å². The fraction of sp³-hybridized carbons (Fsp3) is 0.647. The van der Waals surface area contributed by atoms with E-state index >= 15 is 0 Å². The van der Waals surface area contributed by atoms with Gasteiger partial charge < -0.3 is 19.1 Å². The third-order valence-electron chi connectivity index (χ3n) is 3.78. The number of rotatable bonds is 9. The van der Waals surface area contributed by atoms with Crippen molar-refractivity contribution in [3.05, 3.63) is 24.3 Å². The van der Waals surface area contributed by atoms with Crippen LogP contribution in [0.25, 0.3) is 0 Å². The van der Waals surface area contributed by atoms with Gasteiger partial charge in [0, 0.05) is 32.7 Å². The quantitative estimate of drug-likeness (QED) is 0.649. The third-order valence-corrected chi connectivity index (χ3v) is 3.78. The smallest absolute Gasteiger partial charge is 0.119 e. The Balaban J connectivity index is 1.50. The van der Waals surface area contributed by atoms with Gasteiger partial charge in [-0.15, -0.1) is 0 Å². The molecule has 1 fully saturated rings. The zero-order valence-corrected chi connectivity index (χ0v) is 13.8. The Hall–Kier alpha value is -1.30. The Morgan fingerprint density at radius 3 is 2.14 bits per heavy atom. The van der Waals surface area contributed by atoms with E-state index in [1.165, 1.54) is 0 Å². The van der Waals surface area contributed by atoms with Gasteiger partial charge in [0.05, 0.1) is 19.8 Å². The van der Waals surface area contributed by atoms with E-state index in [4.69, 9.17) is 14.2 Å². The van der Waals surface area contributed by atoms with E-state index in [0.29, 0.717) is 19.8 Å². The van der Waals surface area contributed by atoms with Crippen molar-refractivity contribution < 1.29 is 14.2 Å². The molecule has 1 aromatic carbocycles. The van der Waals surface area contributed by atoms with Gasteiger partial charge in [0.2, 0.25) is 0 Å². The first-order valence-electron chi connectivity index (χ1n) is 8.12. The van der Waals surface area contributed by atoms with Crippen LogP contribution in [0.15, 0.2) is 24.3 Å². The SMILES string of the molecule is CCOc1ccc(OCCOCCN2CCN(C)CC2)cc1. The number of benzene rings is 1. The van der Waals surface area contributed by atoms with Crippen LogP contribution in [0.1, 0.15) is 6.92 Å². The molecule has 5 heteroatoms. The molecule has 0 saturated carbocycles. The van der Waals surface area contributed by atoms with Crippen LogP contribution in [0.5, 0.6) is 11.5 Å². The lowest BCUT2D eigenvalue weighted by atomic mass is 10.3. The van der Waals surface area contributed by atoms with Gasteiger partial charge in [-0.25, -0.2) is 0 Å². The lowest BCUT2D eigenvalue weighted by Crippen LogP contribution is -2.45. The second-order valence-electron chi connectivity index (χ2n) is 5.51. The molecule has 0 amide bonds. The van der Waals surface area contributed by atoms with Crippen molar-refractivity contribution in [1.29, 1.82) is 0 Å². The predicted octanol–water partition coefficient (Wildman–Crippen LogP) is 1.73. The average molecular weight is 308 g/mol. The van der Waals surface area contributed by atoms with Crippen molar-refractivity contribution in [1.82, 2.24) is 9.80 Å². The van der Waals surface area contributed by atoms with Gasteiger partial charge in [0.1, 0.15) is 18.1 Å². The molecule has 0 N–H and O–H groups in total. The van der Waals surface area contributed by atoms with Crippen LogP contribution >= 0.6 is 0 Å². The Kier molecular flexibility index (Phi) is 7.49. The van der Waals surface area contributed by atoms with Crippen LogP contribution < -0.4 is 9.47 Å². The molecule has 22 heavy (non-hydrogen) atoms. The number of ether oxygens (including phenoxy) is 3. The number of nitrogens with zero attached hydrogens (tertiary/aromatic N) is 2. The Bertz CT molecular complexity index is 403. The first kappa shape index (κ1) is 17.1. The van der Waals surface area contributed by atoms with E-state index in [9.17, 15) is 0 Å². The maximum atomic E-state index is 5.64. The molecule has 0 spiro atoms. The summed E-state index contributed by atoms with van der Waals surface area (Å²) in [5.74, 6) is 1.73. The summed E-state index contributed by atoms with van der Waals surface area (Å²) in [6.07, 6.45) is 0. The number of likely N-dealkylation sites (N-methyl/N-ethyl adjacent to an activating group) is 1. The van der Waals surface area contributed by atoms with Crippen LogP contribution in [0.2, 0.25) is 0 Å². The minimum absolute atomic E-state index is 0.580. The number of hydrogen-bond donors (Lipinski definition) is 0. The van der Waals surface area contributed by atoms with Crippen molar-refractivity contribution in [2.45, 2.75) is 6.92 Å². The van der Waals surface area contributed by atoms with Crippen LogP contribution in [0.3, 0.4) is 0 Å². The second kappa shape index (κ2) is 9.66. The number of hydrogen-bond acceptors (Lipinski definition) is 5. The molecule has 0 bridgehead atoms. The fourth-order valence-electron chi connectivity index (χ4n) is 2.38. The van der Waals surface area contributed by atoms with E-state index in [-0.39, 0.29) is 0 Å². The largest absolute Gasteiger partial charge is 0.494 e. The maximum Gasteiger partial charge on any atom is 0.119 e. The molecule has 0 unspecified atom stereocenters. The molecule has 5 nitrogen and oxygen atoms in total. The van der Waals surface area contributed by atoms with Crippen LogP contribution in [-0.2, 0) is 4.74 Å². The normalized spacial score (nSPS) is 16.6. The average Bonchev–Trinajstić information content (AvgIpc) is 2.54. The topological polar surface area (TPSA) is 34.2 Å². The van der Waals surface area contributed by atoms with Gasteiger partial charge >= 0.3 is 0 Å². The minimum atomic E-state index is 0.580. The van der Waals surface area contributed by atoms with Crippen LogP contribution in [-0.4, -0.2) is 76.0 Å². The molecule has 0 radical (unpaired) electrons. The Morgan fingerprint density at radius 2 is 1.50 bits per heavy atom. The molecule has 1 saturated heterocycles. The number of piperazine rings is 1. The van der Waals surface area contributed by atoms with E-state index in [0.717, 1.165) is 50.8 Å². The summed E-state index contributed by atoms with van der Waals surface area (Å²) in [6, 6.07) is 7.70. The van der Waals surface area contributed by atoms with E-state index in [2.05, 4.69) is 16.8 Å². The van der Waals surface area contributed by atoms with Gasteiger partial charge in [-0.05, 0) is 38.2 Å².